The van der Waals surface area contributed by atoms with Crippen molar-refractivity contribution < 1.29 is 13.5 Å². The highest BCUT2D eigenvalue weighted by Gasteiger charge is 2.20. The lowest BCUT2D eigenvalue weighted by Crippen LogP contribution is -2.04. The average molecular weight is 223 g/mol. The predicted molar refractivity (Wildman–Crippen MR) is 49.7 cm³/mol. The number of hydrogen-bond donors (Lipinski definition) is 1. The van der Waals surface area contributed by atoms with Crippen LogP contribution in [-0.2, 0) is 5.88 Å². The number of hydrogen-bond acceptors (Lipinski definition) is 3. The van der Waals surface area contributed by atoms with Crippen LogP contribution in [0.4, 0.5) is 14.5 Å². The number of methoxy groups -OCH3 is 1. The fourth-order valence-corrected chi connectivity index (χ4v) is 1.30. The molecule has 1 rings (SSSR count). The topological polar surface area (TPSA) is 48.1 Å². The number of nitrogen functional groups attached to an aromatic ring is 1. The number of alkyl halides is 3. The quantitative estimate of drug-likeness (QED) is 0.799. The minimum absolute atomic E-state index is 0.00540. The maximum Gasteiger partial charge on any atom is 0.266 e. The molecule has 2 N–H and O–H groups in total. The van der Waals surface area contributed by atoms with E-state index < -0.39 is 6.43 Å². The molecule has 6 heteroatoms. The molecule has 0 fully saturated rings. The van der Waals surface area contributed by atoms with Gasteiger partial charge in [-0.25, -0.2) is 13.8 Å². The second-order valence-electron chi connectivity index (χ2n) is 2.55. The lowest BCUT2D eigenvalue weighted by Gasteiger charge is -2.11. The Bertz CT molecular complexity index is 333. The van der Waals surface area contributed by atoms with Gasteiger partial charge in [0.1, 0.15) is 5.69 Å². The first-order valence-corrected chi connectivity index (χ1v) is 4.30. The summed E-state index contributed by atoms with van der Waals surface area (Å²) in [6.45, 7) is 0. The summed E-state index contributed by atoms with van der Waals surface area (Å²) < 4.78 is 29.9. The zero-order chi connectivity index (χ0) is 10.7. The molecule has 78 valence electrons. The molecule has 0 aliphatic heterocycles. The van der Waals surface area contributed by atoms with Crippen molar-refractivity contribution in [2.75, 3.05) is 12.8 Å². The molecule has 0 amide bonds. The molecule has 1 aromatic rings. The van der Waals surface area contributed by atoms with Gasteiger partial charge in [-0.3, -0.25) is 0 Å². The van der Waals surface area contributed by atoms with E-state index in [0.29, 0.717) is 0 Å². The van der Waals surface area contributed by atoms with E-state index in [4.69, 9.17) is 22.1 Å². The Morgan fingerprint density at radius 1 is 1.64 bits per heavy atom. The number of aromatic nitrogens is 1. The summed E-state index contributed by atoms with van der Waals surface area (Å²) in [7, 11) is 1.31. The fourth-order valence-electron chi connectivity index (χ4n) is 1.09. The molecule has 0 bridgehead atoms. The van der Waals surface area contributed by atoms with Gasteiger partial charge in [-0.1, -0.05) is 0 Å². The summed E-state index contributed by atoms with van der Waals surface area (Å²) in [5.41, 5.74) is 5.22. The molecule has 0 radical (unpaired) electrons. The van der Waals surface area contributed by atoms with Crippen LogP contribution in [-0.4, -0.2) is 12.1 Å². The highest BCUT2D eigenvalue weighted by atomic mass is 35.5. The van der Waals surface area contributed by atoms with Crippen LogP contribution in [0.5, 0.6) is 5.88 Å². The lowest BCUT2D eigenvalue weighted by molar-refractivity contribution is 0.151. The predicted octanol–water partition coefficient (Wildman–Crippen LogP) is 2.35. The monoisotopic (exact) mass is 222 g/mol. The van der Waals surface area contributed by atoms with Crippen molar-refractivity contribution in [3.8, 4) is 5.88 Å². The Labute approximate surface area is 84.8 Å². The van der Waals surface area contributed by atoms with Crippen LogP contribution in [0.1, 0.15) is 17.6 Å². The summed E-state index contributed by atoms with van der Waals surface area (Å²) in [5, 5.41) is 0. The van der Waals surface area contributed by atoms with Crippen molar-refractivity contribution in [2.24, 2.45) is 0 Å². The van der Waals surface area contributed by atoms with E-state index in [0.717, 1.165) is 0 Å². The van der Waals surface area contributed by atoms with Crippen LogP contribution >= 0.6 is 11.6 Å². The first kappa shape index (κ1) is 11.0. The van der Waals surface area contributed by atoms with Gasteiger partial charge < -0.3 is 10.5 Å². The molecule has 0 aliphatic rings. The third kappa shape index (κ3) is 1.87. The Balaban J connectivity index is 3.31. The molecular weight excluding hydrogens is 214 g/mol. The molecule has 3 nitrogen and oxygen atoms in total. The number of halogens is 3. The summed E-state index contributed by atoms with van der Waals surface area (Å²) in [6.07, 6.45) is -1.44. The third-order valence-electron chi connectivity index (χ3n) is 1.76. The smallest absolute Gasteiger partial charge is 0.266 e. The van der Waals surface area contributed by atoms with Crippen LogP contribution in [0.15, 0.2) is 6.20 Å². The molecule has 0 saturated carbocycles. The zero-order valence-corrected chi connectivity index (χ0v) is 8.18. The Kier molecular flexibility index (Phi) is 3.46. The molecule has 0 spiro atoms. The van der Waals surface area contributed by atoms with E-state index >= 15 is 0 Å². The summed E-state index contributed by atoms with van der Waals surface area (Å²) in [6, 6.07) is 0. The van der Waals surface area contributed by atoms with Crippen LogP contribution in [0.3, 0.4) is 0 Å². The first-order chi connectivity index (χ1) is 6.61. The number of nitrogens with zero attached hydrogens (tertiary/aromatic N) is 1. The van der Waals surface area contributed by atoms with Crippen molar-refractivity contribution in [1.29, 1.82) is 0 Å². The van der Waals surface area contributed by atoms with Crippen molar-refractivity contribution in [3.63, 3.8) is 0 Å². The Hall–Kier alpha value is -1.10. The highest BCUT2D eigenvalue weighted by Crippen LogP contribution is 2.33. The van der Waals surface area contributed by atoms with E-state index in [1.165, 1.54) is 13.3 Å². The SMILES string of the molecule is COc1ncc(CCl)c(C(F)F)c1N. The van der Waals surface area contributed by atoms with Crippen molar-refractivity contribution >= 4 is 17.3 Å². The molecule has 1 aromatic heterocycles. The highest BCUT2D eigenvalue weighted by molar-refractivity contribution is 6.17. The number of anilines is 1. The minimum atomic E-state index is -2.68. The Morgan fingerprint density at radius 3 is 2.71 bits per heavy atom. The van der Waals surface area contributed by atoms with Crippen LogP contribution < -0.4 is 10.5 Å². The van der Waals surface area contributed by atoms with E-state index in [2.05, 4.69) is 4.98 Å². The Morgan fingerprint density at radius 2 is 2.29 bits per heavy atom. The standard InChI is InChI=1S/C8H9ClF2N2O/c1-14-8-6(12)5(7(10)11)4(2-9)3-13-8/h3,7H,2,12H2,1H3. The van der Waals surface area contributed by atoms with Gasteiger partial charge in [0.25, 0.3) is 6.43 Å². The molecule has 0 aliphatic carbocycles. The number of ether oxygens (including phenoxy) is 1. The van der Waals surface area contributed by atoms with E-state index in [1.54, 1.807) is 0 Å². The van der Waals surface area contributed by atoms with Gasteiger partial charge in [0.2, 0.25) is 5.88 Å². The van der Waals surface area contributed by atoms with Crippen LogP contribution in [0, 0.1) is 0 Å². The third-order valence-corrected chi connectivity index (χ3v) is 2.05. The number of pyridine rings is 1. The first-order valence-electron chi connectivity index (χ1n) is 3.77. The van der Waals surface area contributed by atoms with E-state index in [9.17, 15) is 8.78 Å². The van der Waals surface area contributed by atoms with Gasteiger partial charge in [-0.2, -0.15) is 0 Å². The van der Waals surface area contributed by atoms with Crippen LogP contribution in [0.25, 0.3) is 0 Å². The molecule has 0 aromatic carbocycles. The van der Waals surface area contributed by atoms with Gasteiger partial charge in [0.15, 0.2) is 0 Å². The van der Waals surface area contributed by atoms with Crippen molar-refractivity contribution in [1.82, 2.24) is 4.98 Å². The minimum Gasteiger partial charge on any atom is -0.480 e. The lowest BCUT2D eigenvalue weighted by atomic mass is 10.1. The summed E-state index contributed by atoms with van der Waals surface area (Å²) in [5.74, 6) is -0.0601. The van der Waals surface area contributed by atoms with E-state index in [-0.39, 0.29) is 28.6 Å². The zero-order valence-electron chi connectivity index (χ0n) is 7.43. The number of rotatable bonds is 3. The normalized spacial score (nSPS) is 10.6. The van der Waals surface area contributed by atoms with E-state index in [1.807, 2.05) is 0 Å². The maximum absolute atomic E-state index is 12.6. The van der Waals surface area contributed by atoms with Gasteiger partial charge in [-0.15, -0.1) is 11.6 Å². The molecular formula is C8H9ClF2N2O. The molecule has 0 unspecified atom stereocenters. The van der Waals surface area contributed by atoms with Gasteiger partial charge in [0.05, 0.1) is 12.7 Å². The molecule has 1 heterocycles. The van der Waals surface area contributed by atoms with Crippen LogP contribution in [0.2, 0.25) is 0 Å². The van der Waals surface area contributed by atoms with Crippen molar-refractivity contribution in [3.05, 3.63) is 17.3 Å². The second kappa shape index (κ2) is 4.41. The summed E-state index contributed by atoms with van der Waals surface area (Å²) in [4.78, 5) is 3.75. The molecule has 0 saturated heterocycles. The van der Waals surface area contributed by atoms with Crippen molar-refractivity contribution in [2.45, 2.75) is 12.3 Å². The van der Waals surface area contributed by atoms with Gasteiger partial charge >= 0.3 is 0 Å². The van der Waals surface area contributed by atoms with Gasteiger partial charge in [0, 0.05) is 12.1 Å². The summed E-state index contributed by atoms with van der Waals surface area (Å²) >= 11 is 5.47. The fraction of sp³-hybridized carbons (Fsp3) is 0.375. The molecule has 14 heavy (non-hydrogen) atoms. The average Bonchev–Trinajstić information content (AvgIpc) is 2.16. The largest absolute Gasteiger partial charge is 0.480 e. The second-order valence-corrected chi connectivity index (χ2v) is 2.82. The maximum atomic E-state index is 12.6. The molecule has 0 atom stereocenters. The number of nitrogens with two attached hydrogens (primary N) is 1. The van der Waals surface area contributed by atoms with Gasteiger partial charge in [-0.05, 0) is 5.56 Å².